The van der Waals surface area contributed by atoms with Crippen LogP contribution in [0.3, 0.4) is 0 Å². The molecule has 0 unspecified atom stereocenters. The molecule has 0 radical (unpaired) electrons. The molecule has 0 aliphatic carbocycles. The summed E-state index contributed by atoms with van der Waals surface area (Å²) in [5, 5.41) is 0.735. The number of H-pyrrole nitrogens is 1. The normalized spacial score (nSPS) is 13.6. The Morgan fingerprint density at radius 1 is 1.41 bits per heavy atom. The molecular weight excluding hydrogens is 325 g/mol. The van der Waals surface area contributed by atoms with E-state index in [9.17, 15) is 12.8 Å². The average molecular weight is 339 g/mol. The molecule has 3 rings (SSSR count). The fraction of sp³-hybridized carbons (Fsp3) is 0.214. The van der Waals surface area contributed by atoms with Crippen molar-refractivity contribution in [2.24, 2.45) is 0 Å². The third-order valence-electron chi connectivity index (χ3n) is 3.25. The third kappa shape index (κ3) is 2.65. The predicted octanol–water partition coefficient (Wildman–Crippen LogP) is 3.11. The highest BCUT2D eigenvalue weighted by Gasteiger charge is 2.24. The van der Waals surface area contributed by atoms with E-state index < -0.39 is 21.9 Å². The zero-order valence-corrected chi connectivity index (χ0v) is 13.6. The zero-order valence-electron chi connectivity index (χ0n) is 11.9. The van der Waals surface area contributed by atoms with E-state index in [2.05, 4.69) is 14.7 Å². The van der Waals surface area contributed by atoms with Crippen molar-refractivity contribution in [3.63, 3.8) is 0 Å². The van der Waals surface area contributed by atoms with Crippen molar-refractivity contribution in [2.75, 3.05) is 0 Å². The minimum absolute atomic E-state index is 0.0671. The van der Waals surface area contributed by atoms with Gasteiger partial charge in [0.25, 0.3) is 0 Å². The number of benzene rings is 1. The van der Waals surface area contributed by atoms with Gasteiger partial charge < -0.3 is 4.98 Å². The lowest BCUT2D eigenvalue weighted by atomic mass is 10.2. The second kappa shape index (κ2) is 5.45. The molecule has 3 aromatic rings. The van der Waals surface area contributed by atoms with Gasteiger partial charge in [0, 0.05) is 22.8 Å². The average Bonchev–Trinajstić information content (AvgIpc) is 3.05. The number of halogens is 1. The van der Waals surface area contributed by atoms with Crippen molar-refractivity contribution in [3.05, 3.63) is 46.3 Å². The first-order valence-corrected chi connectivity index (χ1v) is 8.89. The van der Waals surface area contributed by atoms with E-state index in [-0.39, 0.29) is 10.3 Å². The molecule has 0 saturated heterocycles. The van der Waals surface area contributed by atoms with Crippen molar-refractivity contribution in [3.8, 4) is 0 Å². The van der Waals surface area contributed by atoms with Crippen molar-refractivity contribution >= 4 is 32.3 Å². The largest absolute Gasteiger partial charge is 0.360 e. The van der Waals surface area contributed by atoms with Crippen LogP contribution in [-0.2, 0) is 10.0 Å². The molecular formula is C14H14FN3O2S2. The standard InChI is InChI=1S/C14H14FN3O2S2/c1-8-6-17-14(21-8)9(2)18-22(19,20)12-7-16-11-5-3-4-10(15)13(11)12/h3-7,9,16,18H,1-2H3/t9-/m1/s1. The quantitative estimate of drug-likeness (QED) is 0.767. The van der Waals surface area contributed by atoms with Crippen molar-refractivity contribution in [1.82, 2.24) is 14.7 Å². The summed E-state index contributed by atoms with van der Waals surface area (Å²) in [7, 11) is -3.86. The monoisotopic (exact) mass is 339 g/mol. The SMILES string of the molecule is Cc1cnc([C@@H](C)NS(=O)(=O)c2c[nH]c3cccc(F)c23)s1. The van der Waals surface area contributed by atoms with Crippen LogP contribution >= 0.6 is 11.3 Å². The van der Waals surface area contributed by atoms with E-state index in [0.29, 0.717) is 10.5 Å². The summed E-state index contributed by atoms with van der Waals surface area (Å²) in [6.07, 6.45) is 2.99. The third-order valence-corrected chi connectivity index (χ3v) is 5.91. The molecule has 2 N–H and O–H groups in total. The number of aromatic nitrogens is 2. The second-order valence-corrected chi connectivity index (χ2v) is 7.92. The number of rotatable bonds is 4. The van der Waals surface area contributed by atoms with Gasteiger partial charge in [-0.2, -0.15) is 0 Å². The van der Waals surface area contributed by atoms with Gasteiger partial charge in [-0.25, -0.2) is 22.5 Å². The van der Waals surface area contributed by atoms with E-state index in [0.717, 1.165) is 4.88 Å². The Labute approximate surface area is 131 Å². The molecule has 0 saturated carbocycles. The second-order valence-electron chi connectivity index (χ2n) is 4.97. The van der Waals surface area contributed by atoms with Gasteiger partial charge in [-0.15, -0.1) is 11.3 Å². The van der Waals surface area contributed by atoms with Gasteiger partial charge in [0.05, 0.1) is 11.4 Å². The first-order chi connectivity index (χ1) is 10.4. The summed E-state index contributed by atoms with van der Waals surface area (Å²) in [5.74, 6) is -0.572. The smallest absolute Gasteiger partial charge is 0.243 e. The molecule has 5 nitrogen and oxygen atoms in total. The van der Waals surface area contributed by atoms with E-state index in [1.54, 1.807) is 19.2 Å². The summed E-state index contributed by atoms with van der Waals surface area (Å²) in [6, 6.07) is 3.91. The molecule has 116 valence electrons. The Hall–Kier alpha value is -1.77. The molecule has 0 bridgehead atoms. The van der Waals surface area contributed by atoms with Gasteiger partial charge in [0.15, 0.2) is 0 Å². The van der Waals surface area contributed by atoms with Gasteiger partial charge in [-0.05, 0) is 26.0 Å². The zero-order chi connectivity index (χ0) is 15.9. The topological polar surface area (TPSA) is 74.8 Å². The number of nitrogens with zero attached hydrogens (tertiary/aromatic N) is 1. The number of nitrogens with one attached hydrogen (secondary N) is 2. The summed E-state index contributed by atoms with van der Waals surface area (Å²) < 4.78 is 41.6. The molecule has 0 aliphatic heterocycles. The van der Waals surface area contributed by atoms with Gasteiger partial charge in [-0.1, -0.05) is 6.07 Å². The molecule has 22 heavy (non-hydrogen) atoms. The lowest BCUT2D eigenvalue weighted by molar-refractivity contribution is 0.566. The fourth-order valence-corrected chi connectivity index (χ4v) is 4.49. The molecule has 0 fully saturated rings. The molecule has 0 spiro atoms. The predicted molar refractivity (Wildman–Crippen MR) is 83.8 cm³/mol. The summed E-state index contributed by atoms with van der Waals surface area (Å²) >= 11 is 1.42. The van der Waals surface area contributed by atoms with Crippen LogP contribution in [0.25, 0.3) is 10.9 Å². The maximum atomic E-state index is 14.0. The number of sulfonamides is 1. The molecule has 2 heterocycles. The Morgan fingerprint density at radius 2 is 2.18 bits per heavy atom. The maximum absolute atomic E-state index is 14.0. The van der Waals surface area contributed by atoms with Crippen LogP contribution in [0, 0.1) is 12.7 Å². The fourth-order valence-electron chi connectivity index (χ4n) is 2.24. The molecule has 8 heteroatoms. The van der Waals surface area contributed by atoms with Crippen molar-refractivity contribution in [1.29, 1.82) is 0 Å². The van der Waals surface area contributed by atoms with E-state index in [4.69, 9.17) is 0 Å². The first kappa shape index (κ1) is 15.1. The van der Waals surface area contributed by atoms with Crippen LogP contribution in [0.1, 0.15) is 22.9 Å². The first-order valence-electron chi connectivity index (χ1n) is 6.59. The highest BCUT2D eigenvalue weighted by molar-refractivity contribution is 7.89. The van der Waals surface area contributed by atoms with Crippen molar-refractivity contribution < 1.29 is 12.8 Å². The Kier molecular flexibility index (Phi) is 3.75. The molecule has 1 aromatic carbocycles. The van der Waals surface area contributed by atoms with Crippen LogP contribution in [-0.4, -0.2) is 18.4 Å². The minimum Gasteiger partial charge on any atom is -0.360 e. The van der Waals surface area contributed by atoms with Crippen LogP contribution in [0.2, 0.25) is 0 Å². The Balaban J connectivity index is 1.98. The van der Waals surface area contributed by atoms with Gasteiger partial charge >= 0.3 is 0 Å². The Bertz CT molecular complexity index is 931. The molecule has 2 aromatic heterocycles. The number of thiazole rings is 1. The summed E-state index contributed by atoms with van der Waals surface area (Å²) in [4.78, 5) is 7.85. The number of hydrogen-bond donors (Lipinski definition) is 2. The van der Waals surface area contributed by atoms with Crippen LogP contribution in [0.15, 0.2) is 35.5 Å². The maximum Gasteiger partial charge on any atom is 0.243 e. The van der Waals surface area contributed by atoms with Crippen LogP contribution < -0.4 is 4.72 Å². The van der Waals surface area contributed by atoms with Crippen LogP contribution in [0.4, 0.5) is 4.39 Å². The van der Waals surface area contributed by atoms with E-state index in [1.165, 1.54) is 29.7 Å². The molecule has 0 aliphatic rings. The Morgan fingerprint density at radius 3 is 2.86 bits per heavy atom. The number of fused-ring (bicyclic) bond motifs is 1. The van der Waals surface area contributed by atoms with E-state index >= 15 is 0 Å². The van der Waals surface area contributed by atoms with Gasteiger partial charge in [0.1, 0.15) is 15.7 Å². The summed E-state index contributed by atoms with van der Waals surface area (Å²) in [6.45, 7) is 3.61. The highest BCUT2D eigenvalue weighted by atomic mass is 32.2. The lowest BCUT2D eigenvalue weighted by Crippen LogP contribution is -2.26. The highest BCUT2D eigenvalue weighted by Crippen LogP contribution is 2.27. The lowest BCUT2D eigenvalue weighted by Gasteiger charge is -2.11. The van der Waals surface area contributed by atoms with Gasteiger partial charge in [-0.3, -0.25) is 0 Å². The van der Waals surface area contributed by atoms with Crippen LogP contribution in [0.5, 0.6) is 0 Å². The minimum atomic E-state index is -3.86. The van der Waals surface area contributed by atoms with Crippen molar-refractivity contribution in [2.45, 2.75) is 24.8 Å². The number of aromatic amines is 1. The number of aryl methyl sites for hydroxylation is 1. The summed E-state index contributed by atoms with van der Waals surface area (Å²) in [5.41, 5.74) is 0.443. The van der Waals surface area contributed by atoms with E-state index in [1.807, 2.05) is 6.92 Å². The number of hydrogen-bond acceptors (Lipinski definition) is 4. The van der Waals surface area contributed by atoms with Gasteiger partial charge in [0.2, 0.25) is 10.0 Å². The molecule has 0 amide bonds. The molecule has 1 atom stereocenters.